The Balaban J connectivity index is 2.89. The topological polar surface area (TPSA) is 49.3 Å². The molecule has 0 aromatic heterocycles. The zero-order chi connectivity index (χ0) is 15.0. The van der Waals surface area contributed by atoms with Crippen molar-refractivity contribution in [1.82, 2.24) is 5.32 Å². The van der Waals surface area contributed by atoms with Crippen molar-refractivity contribution in [3.8, 4) is 11.8 Å². The van der Waals surface area contributed by atoms with Crippen LogP contribution in [0.2, 0.25) is 0 Å². The van der Waals surface area contributed by atoms with Gasteiger partial charge in [0.25, 0.3) is 5.91 Å². The molecule has 1 rings (SSSR count). The number of aliphatic hydroxyl groups is 1. The highest BCUT2D eigenvalue weighted by Gasteiger charge is 2.11. The molecular weight excluding hydrogens is 250 g/mol. The maximum atomic E-state index is 12.2. The summed E-state index contributed by atoms with van der Waals surface area (Å²) in [6, 6.07) is 5.76. The standard InChI is InChI=1S/C17H23NO2/c1-4-16(5-2)18-17(20)15-10-9-13(3)14(12-15)8-6-7-11-19/h9-10,12,16,19H,4-5,7,11H2,1-3H3,(H,18,20). The first-order valence-corrected chi connectivity index (χ1v) is 7.13. The summed E-state index contributed by atoms with van der Waals surface area (Å²) in [6.07, 6.45) is 2.30. The number of carbonyl (C=O) groups is 1. The second kappa shape index (κ2) is 8.39. The number of hydrogen-bond acceptors (Lipinski definition) is 2. The van der Waals surface area contributed by atoms with Gasteiger partial charge in [0.2, 0.25) is 0 Å². The summed E-state index contributed by atoms with van der Waals surface area (Å²) in [5, 5.41) is 11.8. The average molecular weight is 273 g/mol. The van der Waals surface area contributed by atoms with Crippen molar-refractivity contribution in [2.75, 3.05) is 6.61 Å². The van der Waals surface area contributed by atoms with Gasteiger partial charge >= 0.3 is 0 Å². The van der Waals surface area contributed by atoms with Crippen LogP contribution in [0.25, 0.3) is 0 Å². The van der Waals surface area contributed by atoms with E-state index < -0.39 is 0 Å². The molecule has 0 atom stereocenters. The van der Waals surface area contributed by atoms with Crippen molar-refractivity contribution in [2.24, 2.45) is 0 Å². The van der Waals surface area contributed by atoms with E-state index in [0.29, 0.717) is 12.0 Å². The minimum atomic E-state index is -0.0519. The zero-order valence-corrected chi connectivity index (χ0v) is 12.5. The fourth-order valence-corrected chi connectivity index (χ4v) is 1.87. The molecule has 20 heavy (non-hydrogen) atoms. The van der Waals surface area contributed by atoms with Crippen LogP contribution in [-0.2, 0) is 0 Å². The lowest BCUT2D eigenvalue weighted by atomic mass is 10.0. The molecule has 0 radical (unpaired) electrons. The van der Waals surface area contributed by atoms with Crippen LogP contribution in [-0.4, -0.2) is 23.7 Å². The first-order valence-electron chi connectivity index (χ1n) is 7.13. The lowest BCUT2D eigenvalue weighted by Gasteiger charge is -2.15. The Kier molecular flexibility index (Phi) is 6.83. The van der Waals surface area contributed by atoms with Gasteiger partial charge in [0.15, 0.2) is 0 Å². The maximum Gasteiger partial charge on any atom is 0.251 e. The van der Waals surface area contributed by atoms with Gasteiger partial charge in [-0.25, -0.2) is 0 Å². The normalized spacial score (nSPS) is 10.1. The van der Waals surface area contributed by atoms with Gasteiger partial charge in [0.1, 0.15) is 0 Å². The minimum Gasteiger partial charge on any atom is -0.395 e. The summed E-state index contributed by atoms with van der Waals surface area (Å²) in [7, 11) is 0. The van der Waals surface area contributed by atoms with Crippen molar-refractivity contribution in [3.63, 3.8) is 0 Å². The molecule has 1 amide bonds. The molecule has 0 bridgehead atoms. The zero-order valence-electron chi connectivity index (χ0n) is 12.5. The molecule has 0 fully saturated rings. The maximum absolute atomic E-state index is 12.2. The van der Waals surface area contributed by atoms with Gasteiger partial charge < -0.3 is 10.4 Å². The van der Waals surface area contributed by atoms with Gasteiger partial charge in [0.05, 0.1) is 6.61 Å². The molecular formula is C17H23NO2. The van der Waals surface area contributed by atoms with Gasteiger partial charge in [-0.05, 0) is 37.5 Å². The summed E-state index contributed by atoms with van der Waals surface area (Å²) in [5.41, 5.74) is 2.51. The molecule has 0 saturated carbocycles. The Labute approximate surface area is 121 Å². The lowest BCUT2D eigenvalue weighted by Crippen LogP contribution is -2.33. The molecule has 0 heterocycles. The number of aliphatic hydroxyl groups excluding tert-OH is 1. The van der Waals surface area contributed by atoms with E-state index in [2.05, 4.69) is 31.0 Å². The third-order valence-corrected chi connectivity index (χ3v) is 3.28. The van der Waals surface area contributed by atoms with Crippen molar-refractivity contribution in [3.05, 3.63) is 34.9 Å². The van der Waals surface area contributed by atoms with Gasteiger partial charge in [-0.1, -0.05) is 31.8 Å². The fraction of sp³-hybridized carbons (Fsp3) is 0.471. The Morgan fingerprint density at radius 1 is 1.35 bits per heavy atom. The monoisotopic (exact) mass is 273 g/mol. The van der Waals surface area contributed by atoms with Gasteiger partial charge in [-0.3, -0.25) is 4.79 Å². The van der Waals surface area contributed by atoms with E-state index in [4.69, 9.17) is 5.11 Å². The van der Waals surface area contributed by atoms with Gasteiger partial charge in [0, 0.05) is 23.6 Å². The highest BCUT2D eigenvalue weighted by Crippen LogP contribution is 2.11. The second-order valence-electron chi connectivity index (χ2n) is 4.79. The fourth-order valence-electron chi connectivity index (χ4n) is 1.87. The van der Waals surface area contributed by atoms with Crippen LogP contribution in [0.5, 0.6) is 0 Å². The van der Waals surface area contributed by atoms with Crippen LogP contribution in [0.1, 0.15) is 54.6 Å². The molecule has 3 nitrogen and oxygen atoms in total. The largest absolute Gasteiger partial charge is 0.395 e. The van der Waals surface area contributed by atoms with E-state index in [1.807, 2.05) is 25.1 Å². The van der Waals surface area contributed by atoms with E-state index in [1.165, 1.54) is 0 Å². The Bertz CT molecular complexity index is 507. The molecule has 0 saturated heterocycles. The van der Waals surface area contributed by atoms with Gasteiger partial charge in [-0.15, -0.1) is 0 Å². The Morgan fingerprint density at radius 2 is 2.05 bits per heavy atom. The molecule has 1 aromatic carbocycles. The SMILES string of the molecule is CCC(CC)NC(=O)c1ccc(C)c(C#CCCO)c1. The minimum absolute atomic E-state index is 0.0519. The lowest BCUT2D eigenvalue weighted by molar-refractivity contribution is 0.0935. The first kappa shape index (κ1) is 16.3. The summed E-state index contributed by atoms with van der Waals surface area (Å²) in [6.45, 7) is 6.15. The molecule has 108 valence electrons. The second-order valence-corrected chi connectivity index (χ2v) is 4.79. The van der Waals surface area contributed by atoms with Crippen LogP contribution < -0.4 is 5.32 Å². The van der Waals surface area contributed by atoms with E-state index in [9.17, 15) is 4.79 Å². The van der Waals surface area contributed by atoms with E-state index in [-0.39, 0.29) is 18.6 Å². The van der Waals surface area contributed by atoms with Crippen LogP contribution in [0.3, 0.4) is 0 Å². The number of benzene rings is 1. The van der Waals surface area contributed by atoms with Crippen LogP contribution in [0, 0.1) is 18.8 Å². The smallest absolute Gasteiger partial charge is 0.251 e. The predicted octanol–water partition coefficient (Wildman–Crippen LogP) is 2.65. The van der Waals surface area contributed by atoms with Crippen molar-refractivity contribution in [1.29, 1.82) is 0 Å². The van der Waals surface area contributed by atoms with E-state index in [1.54, 1.807) is 0 Å². The Morgan fingerprint density at radius 3 is 2.65 bits per heavy atom. The number of amides is 1. The highest BCUT2D eigenvalue weighted by molar-refractivity contribution is 5.94. The van der Waals surface area contributed by atoms with Crippen molar-refractivity contribution >= 4 is 5.91 Å². The van der Waals surface area contributed by atoms with Gasteiger partial charge in [-0.2, -0.15) is 0 Å². The number of aryl methyl sites for hydroxylation is 1. The Hall–Kier alpha value is -1.79. The molecule has 0 unspecified atom stereocenters. The van der Waals surface area contributed by atoms with E-state index >= 15 is 0 Å². The number of carbonyl (C=O) groups excluding carboxylic acids is 1. The molecule has 2 N–H and O–H groups in total. The predicted molar refractivity (Wildman–Crippen MR) is 81.6 cm³/mol. The summed E-state index contributed by atoms with van der Waals surface area (Å²) >= 11 is 0. The van der Waals surface area contributed by atoms with Crippen LogP contribution in [0.15, 0.2) is 18.2 Å². The van der Waals surface area contributed by atoms with E-state index in [0.717, 1.165) is 24.0 Å². The molecule has 0 aliphatic rings. The molecule has 0 aliphatic carbocycles. The number of hydrogen-bond donors (Lipinski definition) is 2. The molecule has 3 heteroatoms. The van der Waals surface area contributed by atoms with Crippen molar-refractivity contribution < 1.29 is 9.90 Å². The third kappa shape index (κ3) is 4.71. The molecule has 0 spiro atoms. The summed E-state index contributed by atoms with van der Waals surface area (Å²) in [5.74, 6) is 5.84. The first-order chi connectivity index (χ1) is 9.62. The van der Waals surface area contributed by atoms with Crippen LogP contribution in [0.4, 0.5) is 0 Å². The average Bonchev–Trinajstić information content (AvgIpc) is 2.46. The third-order valence-electron chi connectivity index (χ3n) is 3.28. The highest BCUT2D eigenvalue weighted by atomic mass is 16.2. The number of nitrogens with one attached hydrogen (secondary N) is 1. The molecule has 0 aliphatic heterocycles. The molecule has 1 aromatic rings. The number of rotatable bonds is 5. The summed E-state index contributed by atoms with van der Waals surface area (Å²) < 4.78 is 0. The van der Waals surface area contributed by atoms with Crippen molar-refractivity contribution in [2.45, 2.75) is 46.1 Å². The quantitative estimate of drug-likeness (QED) is 0.810. The summed E-state index contributed by atoms with van der Waals surface area (Å²) in [4.78, 5) is 12.2. The van der Waals surface area contributed by atoms with Crippen LogP contribution >= 0.6 is 0 Å².